The lowest BCUT2D eigenvalue weighted by Gasteiger charge is -2.45. The van der Waals surface area contributed by atoms with Crippen LogP contribution in [0.2, 0.25) is 0 Å². The lowest BCUT2D eigenvalue weighted by atomic mass is 9.68. The molecule has 0 spiro atoms. The minimum absolute atomic E-state index is 0.0742. The van der Waals surface area contributed by atoms with Crippen LogP contribution in [0, 0.1) is 0 Å². The second kappa shape index (κ2) is 9.10. The van der Waals surface area contributed by atoms with Crippen molar-refractivity contribution in [1.29, 1.82) is 0 Å². The first-order valence-corrected chi connectivity index (χ1v) is 10.9. The quantitative estimate of drug-likeness (QED) is 0.724. The van der Waals surface area contributed by atoms with Crippen molar-refractivity contribution in [3.63, 3.8) is 0 Å². The molecule has 2 aromatic rings. The van der Waals surface area contributed by atoms with Gasteiger partial charge in [-0.25, -0.2) is 0 Å². The molecular weight excluding hydrogens is 360 g/mol. The highest BCUT2D eigenvalue weighted by molar-refractivity contribution is 5.83. The summed E-state index contributed by atoms with van der Waals surface area (Å²) in [5.74, 6) is -0.0742. The molecule has 154 valence electrons. The largest absolute Gasteiger partial charge is 0.468 e. The van der Waals surface area contributed by atoms with Crippen molar-refractivity contribution in [3.05, 3.63) is 71.8 Å². The molecule has 2 aromatic carbocycles. The highest BCUT2D eigenvalue weighted by Gasteiger charge is 2.45. The zero-order valence-electron chi connectivity index (χ0n) is 17.4. The molecule has 2 aliphatic rings. The molecule has 2 fully saturated rings. The van der Waals surface area contributed by atoms with Crippen LogP contribution >= 0.6 is 0 Å². The fraction of sp³-hybridized carbons (Fsp3) is 0.480. The number of hydrogen-bond acceptors (Lipinski definition) is 4. The Bertz CT molecular complexity index is 777. The summed E-state index contributed by atoms with van der Waals surface area (Å²) in [5, 5.41) is 0. The Morgan fingerprint density at radius 2 is 1.52 bits per heavy atom. The van der Waals surface area contributed by atoms with Crippen molar-refractivity contribution in [1.82, 2.24) is 9.80 Å². The number of ether oxygens (including phenoxy) is 1. The van der Waals surface area contributed by atoms with Crippen molar-refractivity contribution in [2.45, 2.75) is 43.7 Å². The molecule has 1 saturated heterocycles. The first-order valence-electron chi connectivity index (χ1n) is 10.9. The summed E-state index contributed by atoms with van der Waals surface area (Å²) in [7, 11) is 1.52. The first kappa shape index (κ1) is 20.1. The maximum absolute atomic E-state index is 12.7. The van der Waals surface area contributed by atoms with Gasteiger partial charge >= 0.3 is 5.97 Å². The van der Waals surface area contributed by atoms with Crippen LogP contribution in [0.15, 0.2) is 60.7 Å². The third kappa shape index (κ3) is 4.39. The van der Waals surface area contributed by atoms with Gasteiger partial charge in [0.2, 0.25) is 0 Å². The molecule has 1 heterocycles. The number of methoxy groups -OCH3 is 1. The summed E-state index contributed by atoms with van der Waals surface area (Å²) in [6, 6.07) is 21.5. The summed E-state index contributed by atoms with van der Waals surface area (Å²) in [5.41, 5.74) is 2.03. The van der Waals surface area contributed by atoms with E-state index in [0.29, 0.717) is 6.04 Å². The van der Waals surface area contributed by atoms with Gasteiger partial charge in [-0.15, -0.1) is 0 Å². The minimum atomic E-state index is -0.471. The first-order chi connectivity index (χ1) is 14.2. The molecule has 0 N–H and O–H groups in total. The number of rotatable bonds is 5. The zero-order valence-corrected chi connectivity index (χ0v) is 17.4. The van der Waals surface area contributed by atoms with E-state index in [0.717, 1.165) is 64.0 Å². The molecule has 4 rings (SSSR count). The van der Waals surface area contributed by atoms with E-state index in [1.807, 2.05) is 18.2 Å². The van der Waals surface area contributed by atoms with Gasteiger partial charge in [0.05, 0.1) is 12.5 Å². The van der Waals surface area contributed by atoms with Crippen LogP contribution in [0.1, 0.15) is 36.8 Å². The average Bonchev–Trinajstić information content (AvgIpc) is 2.80. The number of nitrogens with zero attached hydrogens (tertiary/aromatic N) is 2. The van der Waals surface area contributed by atoms with Crippen LogP contribution in [-0.4, -0.2) is 55.1 Å². The monoisotopic (exact) mass is 392 g/mol. The van der Waals surface area contributed by atoms with E-state index in [9.17, 15) is 4.79 Å². The fourth-order valence-electron chi connectivity index (χ4n) is 5.15. The lowest BCUT2D eigenvalue weighted by Crippen LogP contribution is -2.52. The van der Waals surface area contributed by atoms with Gasteiger partial charge in [0.1, 0.15) is 0 Å². The molecule has 0 atom stereocenters. The molecule has 0 unspecified atom stereocenters. The number of piperazine rings is 1. The lowest BCUT2D eigenvalue weighted by molar-refractivity contribution is -0.149. The van der Waals surface area contributed by atoms with E-state index in [1.54, 1.807) is 0 Å². The zero-order chi connectivity index (χ0) is 20.1. The Labute approximate surface area is 174 Å². The van der Waals surface area contributed by atoms with Crippen molar-refractivity contribution < 1.29 is 9.53 Å². The standard InChI is InChI=1S/C25H32N2O2/c1-29-24(28)25(22-10-6-3-7-11-22)14-12-23(13-15-25)27-18-16-26(17-19-27)20-21-8-4-2-5-9-21/h2-11,23H,12-20H2,1H3. The number of carbonyl (C=O) groups is 1. The topological polar surface area (TPSA) is 32.8 Å². The van der Waals surface area contributed by atoms with Crippen molar-refractivity contribution in [2.24, 2.45) is 0 Å². The van der Waals surface area contributed by atoms with Crippen molar-refractivity contribution in [2.75, 3.05) is 33.3 Å². The Kier molecular flexibility index (Phi) is 6.31. The van der Waals surface area contributed by atoms with Crippen molar-refractivity contribution >= 4 is 5.97 Å². The molecule has 0 bridgehead atoms. The molecule has 1 aliphatic heterocycles. The summed E-state index contributed by atoms with van der Waals surface area (Å²) >= 11 is 0. The highest BCUT2D eigenvalue weighted by atomic mass is 16.5. The maximum atomic E-state index is 12.7. The van der Waals surface area contributed by atoms with E-state index in [2.05, 4.69) is 52.3 Å². The SMILES string of the molecule is COC(=O)C1(c2ccccc2)CCC(N2CCN(Cc3ccccc3)CC2)CC1. The Morgan fingerprint density at radius 3 is 2.10 bits per heavy atom. The molecule has 4 nitrogen and oxygen atoms in total. The van der Waals surface area contributed by atoms with Crippen LogP contribution in [0.4, 0.5) is 0 Å². The van der Waals surface area contributed by atoms with Gasteiger partial charge < -0.3 is 4.74 Å². The summed E-state index contributed by atoms with van der Waals surface area (Å²) in [6.07, 6.45) is 3.86. The summed E-state index contributed by atoms with van der Waals surface area (Å²) in [6.45, 7) is 5.51. The normalized spacial score (nSPS) is 26.2. The number of carbonyl (C=O) groups excluding carboxylic acids is 1. The highest BCUT2D eigenvalue weighted by Crippen LogP contribution is 2.42. The predicted octanol–water partition coefficient (Wildman–Crippen LogP) is 3.86. The molecule has 29 heavy (non-hydrogen) atoms. The van der Waals surface area contributed by atoms with E-state index >= 15 is 0 Å². The maximum Gasteiger partial charge on any atom is 0.316 e. The van der Waals surface area contributed by atoms with Gasteiger partial charge in [-0.2, -0.15) is 0 Å². The predicted molar refractivity (Wildman–Crippen MR) is 116 cm³/mol. The van der Waals surface area contributed by atoms with E-state index < -0.39 is 5.41 Å². The molecule has 0 radical (unpaired) electrons. The fourth-order valence-corrected chi connectivity index (χ4v) is 5.15. The van der Waals surface area contributed by atoms with Crippen LogP contribution in [0.3, 0.4) is 0 Å². The molecule has 1 saturated carbocycles. The van der Waals surface area contributed by atoms with Gasteiger partial charge in [-0.05, 0) is 36.8 Å². The number of benzene rings is 2. The Balaban J connectivity index is 1.34. The molecule has 1 aliphatic carbocycles. The minimum Gasteiger partial charge on any atom is -0.468 e. The van der Waals surface area contributed by atoms with Gasteiger partial charge in [0, 0.05) is 38.8 Å². The Hall–Kier alpha value is -2.17. The van der Waals surface area contributed by atoms with E-state index in [4.69, 9.17) is 4.74 Å². The van der Waals surface area contributed by atoms with Gasteiger partial charge in [0.25, 0.3) is 0 Å². The van der Waals surface area contributed by atoms with E-state index in [-0.39, 0.29) is 5.97 Å². The van der Waals surface area contributed by atoms with Crippen LogP contribution in [-0.2, 0) is 21.5 Å². The van der Waals surface area contributed by atoms with Crippen LogP contribution in [0.5, 0.6) is 0 Å². The second-order valence-electron chi connectivity index (χ2n) is 8.47. The van der Waals surface area contributed by atoms with E-state index in [1.165, 1.54) is 12.7 Å². The number of hydrogen-bond donors (Lipinski definition) is 0. The molecule has 0 aromatic heterocycles. The summed E-state index contributed by atoms with van der Waals surface area (Å²) in [4.78, 5) is 17.9. The van der Waals surface area contributed by atoms with Gasteiger partial charge in [-0.1, -0.05) is 60.7 Å². The Morgan fingerprint density at radius 1 is 0.931 bits per heavy atom. The van der Waals surface area contributed by atoms with Gasteiger partial charge in [0.15, 0.2) is 0 Å². The third-order valence-corrected chi connectivity index (χ3v) is 6.88. The summed E-state index contributed by atoms with van der Waals surface area (Å²) < 4.78 is 5.24. The molecule has 4 heteroatoms. The average molecular weight is 393 g/mol. The number of esters is 1. The smallest absolute Gasteiger partial charge is 0.316 e. The van der Waals surface area contributed by atoms with Crippen LogP contribution < -0.4 is 0 Å². The third-order valence-electron chi connectivity index (χ3n) is 6.88. The van der Waals surface area contributed by atoms with Gasteiger partial charge in [-0.3, -0.25) is 14.6 Å². The molecular formula is C25H32N2O2. The molecule has 0 amide bonds. The van der Waals surface area contributed by atoms with Crippen LogP contribution in [0.25, 0.3) is 0 Å². The second-order valence-corrected chi connectivity index (χ2v) is 8.47. The van der Waals surface area contributed by atoms with Crippen molar-refractivity contribution in [3.8, 4) is 0 Å².